The van der Waals surface area contributed by atoms with E-state index < -0.39 is 0 Å². The average molecular weight is 275 g/mol. The maximum atomic E-state index is 6.26. The number of aryl methyl sites for hydroxylation is 2. The van der Waals surface area contributed by atoms with Gasteiger partial charge in [0.25, 0.3) is 0 Å². The maximum absolute atomic E-state index is 6.26. The molecule has 19 heavy (non-hydrogen) atoms. The molecule has 3 aromatic rings. The highest BCUT2D eigenvalue weighted by Crippen LogP contribution is 2.27. The molecule has 1 atom stereocenters. The first-order valence-electron chi connectivity index (χ1n) is 6.19. The quantitative estimate of drug-likeness (QED) is 0.672. The van der Waals surface area contributed by atoms with Crippen molar-refractivity contribution in [2.24, 2.45) is 7.05 Å². The Balaban J connectivity index is 2.34. The van der Waals surface area contributed by atoms with Crippen molar-refractivity contribution in [3.63, 3.8) is 0 Å². The topological polar surface area (TPSA) is 35.6 Å². The van der Waals surface area contributed by atoms with Gasteiger partial charge < -0.3 is 0 Å². The van der Waals surface area contributed by atoms with Gasteiger partial charge in [0.05, 0.1) is 16.4 Å². The standard InChI is InChI=1S/C14H15ClN4/c1-9-4-5-12-11(8-9)16-14(10(2)15)19(12)13-6-7-18(3)17-13/h4-8,10H,1-3H3. The molecule has 4 nitrogen and oxygen atoms in total. The molecule has 0 N–H and O–H groups in total. The van der Waals surface area contributed by atoms with Gasteiger partial charge in [-0.25, -0.2) is 4.98 Å². The second kappa shape index (κ2) is 4.38. The molecule has 3 rings (SSSR count). The van der Waals surface area contributed by atoms with E-state index in [1.807, 2.05) is 30.8 Å². The number of imidazole rings is 1. The molecular weight excluding hydrogens is 260 g/mol. The fraction of sp³-hybridized carbons (Fsp3) is 0.286. The predicted molar refractivity (Wildman–Crippen MR) is 76.8 cm³/mol. The molecule has 2 heterocycles. The van der Waals surface area contributed by atoms with Crippen LogP contribution in [0.5, 0.6) is 0 Å². The van der Waals surface area contributed by atoms with E-state index in [-0.39, 0.29) is 5.38 Å². The summed E-state index contributed by atoms with van der Waals surface area (Å²) in [6.07, 6.45) is 1.91. The van der Waals surface area contributed by atoms with Crippen molar-refractivity contribution in [3.05, 3.63) is 41.9 Å². The molecule has 98 valence electrons. The first-order chi connectivity index (χ1) is 9.06. The van der Waals surface area contributed by atoms with Crippen LogP contribution in [0.2, 0.25) is 0 Å². The zero-order chi connectivity index (χ0) is 13.6. The molecule has 0 radical (unpaired) electrons. The second-order valence-electron chi connectivity index (χ2n) is 4.76. The van der Waals surface area contributed by atoms with Crippen LogP contribution in [-0.4, -0.2) is 19.3 Å². The van der Waals surface area contributed by atoms with Crippen molar-refractivity contribution in [2.75, 3.05) is 0 Å². The van der Waals surface area contributed by atoms with Crippen molar-refractivity contribution in [1.29, 1.82) is 0 Å². The lowest BCUT2D eigenvalue weighted by atomic mass is 10.2. The summed E-state index contributed by atoms with van der Waals surface area (Å²) in [5.74, 6) is 1.66. The van der Waals surface area contributed by atoms with Crippen molar-refractivity contribution >= 4 is 22.6 Å². The van der Waals surface area contributed by atoms with E-state index in [0.717, 1.165) is 22.7 Å². The van der Waals surface area contributed by atoms with Gasteiger partial charge in [-0.1, -0.05) is 6.07 Å². The van der Waals surface area contributed by atoms with Crippen LogP contribution < -0.4 is 0 Å². The molecule has 0 spiro atoms. The molecule has 1 aromatic carbocycles. The SMILES string of the molecule is Cc1ccc2c(c1)nc(C(C)Cl)n2-c1ccn(C)n1. The van der Waals surface area contributed by atoms with Crippen LogP contribution in [0.1, 0.15) is 23.7 Å². The lowest BCUT2D eigenvalue weighted by Crippen LogP contribution is -2.03. The van der Waals surface area contributed by atoms with E-state index in [0.29, 0.717) is 0 Å². The Morgan fingerprint density at radius 1 is 1.26 bits per heavy atom. The molecule has 0 amide bonds. The van der Waals surface area contributed by atoms with Gasteiger partial charge in [-0.15, -0.1) is 11.6 Å². The summed E-state index contributed by atoms with van der Waals surface area (Å²) >= 11 is 6.26. The molecule has 0 aliphatic rings. The third-order valence-electron chi connectivity index (χ3n) is 3.12. The van der Waals surface area contributed by atoms with Crippen LogP contribution in [0, 0.1) is 6.92 Å². The highest BCUT2D eigenvalue weighted by Gasteiger charge is 2.17. The largest absolute Gasteiger partial charge is 0.278 e. The van der Waals surface area contributed by atoms with Gasteiger partial charge in [-0.3, -0.25) is 9.25 Å². The first-order valence-corrected chi connectivity index (χ1v) is 6.63. The van der Waals surface area contributed by atoms with Crippen LogP contribution in [0.3, 0.4) is 0 Å². The van der Waals surface area contributed by atoms with Gasteiger partial charge in [0.2, 0.25) is 0 Å². The minimum absolute atomic E-state index is 0.172. The van der Waals surface area contributed by atoms with E-state index in [4.69, 9.17) is 11.6 Å². The highest BCUT2D eigenvalue weighted by molar-refractivity contribution is 6.20. The summed E-state index contributed by atoms with van der Waals surface area (Å²) in [4.78, 5) is 4.64. The third kappa shape index (κ3) is 2.02. The number of rotatable bonds is 2. The highest BCUT2D eigenvalue weighted by atomic mass is 35.5. The molecule has 5 heteroatoms. The average Bonchev–Trinajstić information content (AvgIpc) is 2.91. The van der Waals surface area contributed by atoms with Gasteiger partial charge in [0.1, 0.15) is 5.82 Å². The van der Waals surface area contributed by atoms with Crippen molar-refractivity contribution < 1.29 is 0 Å². The Hall–Kier alpha value is -1.81. The molecule has 0 aliphatic heterocycles. The second-order valence-corrected chi connectivity index (χ2v) is 5.42. The molecule has 1 unspecified atom stereocenters. The molecule has 0 fully saturated rings. The number of alkyl halides is 1. The summed E-state index contributed by atoms with van der Waals surface area (Å²) in [5.41, 5.74) is 3.17. The van der Waals surface area contributed by atoms with Crippen molar-refractivity contribution in [1.82, 2.24) is 19.3 Å². The molecule has 0 aliphatic carbocycles. The smallest absolute Gasteiger partial charge is 0.160 e. The Morgan fingerprint density at radius 3 is 2.68 bits per heavy atom. The number of hydrogen-bond acceptors (Lipinski definition) is 2. The molecule has 0 bridgehead atoms. The van der Waals surface area contributed by atoms with Crippen molar-refractivity contribution in [3.8, 4) is 5.82 Å². The lowest BCUT2D eigenvalue weighted by Gasteiger charge is -2.07. The predicted octanol–water partition coefficient (Wildman–Crippen LogP) is 3.37. The summed E-state index contributed by atoms with van der Waals surface area (Å²) in [5, 5.41) is 4.28. The Kier molecular flexibility index (Phi) is 2.82. The van der Waals surface area contributed by atoms with Crippen LogP contribution in [-0.2, 0) is 7.05 Å². The van der Waals surface area contributed by atoms with Crippen LogP contribution >= 0.6 is 11.6 Å². The zero-order valence-corrected chi connectivity index (χ0v) is 11.9. The zero-order valence-electron chi connectivity index (χ0n) is 11.1. The summed E-state index contributed by atoms with van der Waals surface area (Å²) in [6.45, 7) is 3.98. The molecule has 2 aromatic heterocycles. The first kappa shape index (κ1) is 12.2. The fourth-order valence-corrected chi connectivity index (χ4v) is 2.38. The maximum Gasteiger partial charge on any atom is 0.160 e. The van der Waals surface area contributed by atoms with Crippen LogP contribution in [0.4, 0.5) is 0 Å². The Labute approximate surface area is 116 Å². The number of halogens is 1. The van der Waals surface area contributed by atoms with E-state index >= 15 is 0 Å². The van der Waals surface area contributed by atoms with E-state index in [1.54, 1.807) is 4.68 Å². The summed E-state index contributed by atoms with van der Waals surface area (Å²) in [7, 11) is 1.90. The van der Waals surface area contributed by atoms with Gasteiger partial charge >= 0.3 is 0 Å². The number of hydrogen-bond donors (Lipinski definition) is 0. The Bertz CT molecular complexity index is 739. The van der Waals surface area contributed by atoms with E-state index in [1.165, 1.54) is 5.56 Å². The number of aromatic nitrogens is 4. The number of nitrogens with zero attached hydrogens (tertiary/aromatic N) is 4. The molecular formula is C14H15ClN4. The van der Waals surface area contributed by atoms with Gasteiger partial charge in [0, 0.05) is 19.3 Å². The van der Waals surface area contributed by atoms with Gasteiger partial charge in [-0.05, 0) is 31.5 Å². The van der Waals surface area contributed by atoms with Crippen LogP contribution in [0.25, 0.3) is 16.9 Å². The minimum Gasteiger partial charge on any atom is -0.278 e. The number of benzene rings is 1. The Morgan fingerprint density at radius 2 is 2.05 bits per heavy atom. The van der Waals surface area contributed by atoms with E-state index in [9.17, 15) is 0 Å². The summed E-state index contributed by atoms with van der Waals surface area (Å²) < 4.78 is 3.80. The van der Waals surface area contributed by atoms with Crippen molar-refractivity contribution in [2.45, 2.75) is 19.2 Å². The third-order valence-corrected chi connectivity index (χ3v) is 3.32. The van der Waals surface area contributed by atoms with E-state index in [2.05, 4.69) is 35.2 Å². The monoisotopic (exact) mass is 274 g/mol. The summed E-state index contributed by atoms with van der Waals surface area (Å²) in [6, 6.07) is 8.17. The van der Waals surface area contributed by atoms with Gasteiger partial charge in [-0.2, -0.15) is 5.10 Å². The number of fused-ring (bicyclic) bond motifs is 1. The lowest BCUT2D eigenvalue weighted by molar-refractivity contribution is 0.744. The normalized spacial score (nSPS) is 13.1. The fourth-order valence-electron chi connectivity index (χ4n) is 2.24. The molecule has 0 saturated heterocycles. The minimum atomic E-state index is -0.172. The van der Waals surface area contributed by atoms with Gasteiger partial charge in [0.15, 0.2) is 5.82 Å². The van der Waals surface area contributed by atoms with Crippen LogP contribution in [0.15, 0.2) is 30.5 Å². The molecule has 0 saturated carbocycles.